The third-order valence-corrected chi connectivity index (χ3v) is 1.64. The van der Waals surface area contributed by atoms with Gasteiger partial charge in [0.1, 0.15) is 12.7 Å². The SMILES string of the molecule is N#Cc1cc([N+](=O)[O-])ccc1C#CCO. The van der Waals surface area contributed by atoms with Gasteiger partial charge in [-0.25, -0.2) is 0 Å². The van der Waals surface area contributed by atoms with Crippen molar-refractivity contribution < 1.29 is 10.0 Å². The van der Waals surface area contributed by atoms with E-state index in [4.69, 9.17) is 10.4 Å². The lowest BCUT2D eigenvalue weighted by molar-refractivity contribution is -0.384. The van der Waals surface area contributed by atoms with Gasteiger partial charge in [-0.05, 0) is 6.07 Å². The molecule has 0 saturated carbocycles. The van der Waals surface area contributed by atoms with E-state index in [-0.39, 0.29) is 17.9 Å². The van der Waals surface area contributed by atoms with E-state index in [0.29, 0.717) is 5.56 Å². The van der Waals surface area contributed by atoms with Crippen LogP contribution < -0.4 is 0 Å². The molecule has 5 nitrogen and oxygen atoms in total. The molecule has 74 valence electrons. The van der Waals surface area contributed by atoms with Crippen LogP contribution in [0.5, 0.6) is 0 Å². The molecule has 5 heteroatoms. The number of nitro groups is 1. The second-order valence-corrected chi connectivity index (χ2v) is 2.56. The monoisotopic (exact) mass is 202 g/mol. The highest BCUT2D eigenvalue weighted by Crippen LogP contribution is 2.16. The number of nitrogens with zero attached hydrogens (tertiary/aromatic N) is 2. The molecule has 1 aromatic rings. The van der Waals surface area contributed by atoms with Crippen LogP contribution in [0.15, 0.2) is 18.2 Å². The van der Waals surface area contributed by atoms with Crippen molar-refractivity contribution in [1.82, 2.24) is 0 Å². The number of aliphatic hydroxyl groups is 1. The highest BCUT2D eigenvalue weighted by Gasteiger charge is 2.08. The second kappa shape index (κ2) is 4.75. The topological polar surface area (TPSA) is 87.2 Å². The number of nitro benzene ring substituents is 1. The normalized spacial score (nSPS) is 8.53. The summed E-state index contributed by atoms with van der Waals surface area (Å²) >= 11 is 0. The zero-order valence-electron chi connectivity index (χ0n) is 7.60. The molecule has 0 bridgehead atoms. The summed E-state index contributed by atoms with van der Waals surface area (Å²) in [6.07, 6.45) is 0. The van der Waals surface area contributed by atoms with Gasteiger partial charge in [0.05, 0.1) is 10.5 Å². The summed E-state index contributed by atoms with van der Waals surface area (Å²) < 4.78 is 0. The summed E-state index contributed by atoms with van der Waals surface area (Å²) in [6, 6.07) is 5.62. The maximum Gasteiger partial charge on any atom is 0.270 e. The second-order valence-electron chi connectivity index (χ2n) is 2.56. The van der Waals surface area contributed by atoms with Gasteiger partial charge in [-0.3, -0.25) is 10.1 Å². The average molecular weight is 202 g/mol. The molecule has 0 aromatic heterocycles. The van der Waals surface area contributed by atoms with Crippen molar-refractivity contribution in [2.75, 3.05) is 6.61 Å². The standard InChI is InChI=1S/C10H6N2O3/c11-7-9-6-10(12(14)15)4-3-8(9)2-1-5-13/h3-4,6,13H,5H2. The smallest absolute Gasteiger partial charge is 0.270 e. The fourth-order valence-corrected chi connectivity index (χ4v) is 0.982. The van der Waals surface area contributed by atoms with Crippen LogP contribution in [-0.2, 0) is 0 Å². The Balaban J connectivity index is 3.22. The fourth-order valence-electron chi connectivity index (χ4n) is 0.982. The van der Waals surface area contributed by atoms with E-state index >= 15 is 0 Å². The van der Waals surface area contributed by atoms with Crippen molar-refractivity contribution in [3.8, 4) is 17.9 Å². The van der Waals surface area contributed by atoms with Crippen LogP contribution in [0, 0.1) is 33.3 Å². The van der Waals surface area contributed by atoms with Gasteiger partial charge >= 0.3 is 0 Å². The number of benzene rings is 1. The summed E-state index contributed by atoms with van der Waals surface area (Å²) in [5.41, 5.74) is 0.350. The lowest BCUT2D eigenvalue weighted by Gasteiger charge is -1.95. The predicted molar refractivity (Wildman–Crippen MR) is 51.8 cm³/mol. The first-order valence-corrected chi connectivity index (χ1v) is 3.97. The molecule has 0 radical (unpaired) electrons. The molecule has 0 amide bonds. The van der Waals surface area contributed by atoms with Gasteiger partial charge in [-0.1, -0.05) is 11.8 Å². The van der Waals surface area contributed by atoms with Gasteiger partial charge in [0.15, 0.2) is 0 Å². The number of hydrogen-bond acceptors (Lipinski definition) is 4. The summed E-state index contributed by atoms with van der Waals surface area (Å²) in [7, 11) is 0. The Morgan fingerprint density at radius 1 is 1.47 bits per heavy atom. The minimum atomic E-state index is -0.579. The van der Waals surface area contributed by atoms with Crippen LogP contribution in [0.4, 0.5) is 5.69 Å². The Kier molecular flexibility index (Phi) is 3.39. The minimum absolute atomic E-state index is 0.130. The van der Waals surface area contributed by atoms with Crippen molar-refractivity contribution in [1.29, 1.82) is 5.26 Å². The average Bonchev–Trinajstić information content (AvgIpc) is 2.25. The van der Waals surface area contributed by atoms with Crippen LogP contribution in [0.1, 0.15) is 11.1 Å². The van der Waals surface area contributed by atoms with E-state index in [0.717, 1.165) is 6.07 Å². The van der Waals surface area contributed by atoms with Gasteiger partial charge in [-0.2, -0.15) is 5.26 Å². The molecule has 0 unspecified atom stereocenters. The molecule has 15 heavy (non-hydrogen) atoms. The fraction of sp³-hybridized carbons (Fsp3) is 0.100. The molecule has 0 atom stereocenters. The van der Waals surface area contributed by atoms with E-state index in [1.54, 1.807) is 0 Å². The number of rotatable bonds is 1. The maximum atomic E-state index is 10.4. The van der Waals surface area contributed by atoms with E-state index in [9.17, 15) is 10.1 Å². The Hall–Kier alpha value is -2.37. The third kappa shape index (κ3) is 2.53. The summed E-state index contributed by atoms with van der Waals surface area (Å²) in [4.78, 5) is 9.84. The Labute approximate surface area is 85.7 Å². The highest BCUT2D eigenvalue weighted by atomic mass is 16.6. The van der Waals surface area contributed by atoms with Crippen LogP contribution in [0.25, 0.3) is 0 Å². The van der Waals surface area contributed by atoms with Gasteiger partial charge in [0.25, 0.3) is 5.69 Å². The molecule has 0 saturated heterocycles. The van der Waals surface area contributed by atoms with Crippen molar-refractivity contribution in [3.63, 3.8) is 0 Å². The Bertz CT molecular complexity index is 492. The molecule has 1 aromatic carbocycles. The zero-order valence-corrected chi connectivity index (χ0v) is 7.60. The molecule has 0 fully saturated rings. The molecule has 0 aliphatic heterocycles. The molecule has 0 heterocycles. The number of hydrogen-bond donors (Lipinski definition) is 1. The van der Waals surface area contributed by atoms with Gasteiger partial charge < -0.3 is 5.11 Å². The van der Waals surface area contributed by atoms with E-state index < -0.39 is 4.92 Å². The molecule has 0 aliphatic carbocycles. The largest absolute Gasteiger partial charge is 0.384 e. The number of aliphatic hydroxyl groups excluding tert-OH is 1. The minimum Gasteiger partial charge on any atom is -0.384 e. The van der Waals surface area contributed by atoms with Gasteiger partial charge in [0, 0.05) is 17.7 Å². The molecule has 1 rings (SSSR count). The quantitative estimate of drug-likeness (QED) is 0.414. The first-order chi connectivity index (χ1) is 7.19. The lowest BCUT2D eigenvalue weighted by atomic mass is 10.1. The van der Waals surface area contributed by atoms with Crippen molar-refractivity contribution in [2.24, 2.45) is 0 Å². The number of nitriles is 1. The summed E-state index contributed by atoms with van der Waals surface area (Å²) in [5.74, 6) is 4.91. The van der Waals surface area contributed by atoms with Crippen LogP contribution >= 0.6 is 0 Å². The Morgan fingerprint density at radius 3 is 2.73 bits per heavy atom. The Morgan fingerprint density at radius 2 is 2.20 bits per heavy atom. The predicted octanol–water partition coefficient (Wildman–Crippen LogP) is 0.810. The summed E-state index contributed by atoms with van der Waals surface area (Å²) in [5, 5.41) is 27.6. The molecule has 1 N–H and O–H groups in total. The van der Waals surface area contributed by atoms with Gasteiger partial charge in [-0.15, -0.1) is 0 Å². The van der Waals surface area contributed by atoms with Crippen molar-refractivity contribution in [3.05, 3.63) is 39.4 Å². The van der Waals surface area contributed by atoms with Crippen molar-refractivity contribution >= 4 is 5.69 Å². The molecule has 0 aliphatic rings. The number of non-ortho nitro benzene ring substituents is 1. The van der Waals surface area contributed by atoms with Crippen LogP contribution in [0.3, 0.4) is 0 Å². The lowest BCUT2D eigenvalue weighted by Crippen LogP contribution is -1.91. The molecular formula is C10H6N2O3. The van der Waals surface area contributed by atoms with E-state index in [2.05, 4.69) is 11.8 Å². The van der Waals surface area contributed by atoms with Crippen molar-refractivity contribution in [2.45, 2.75) is 0 Å². The summed E-state index contributed by atoms with van der Waals surface area (Å²) in [6.45, 7) is -0.318. The zero-order chi connectivity index (χ0) is 11.3. The van der Waals surface area contributed by atoms with E-state index in [1.807, 2.05) is 6.07 Å². The van der Waals surface area contributed by atoms with E-state index in [1.165, 1.54) is 12.1 Å². The molecule has 0 spiro atoms. The highest BCUT2D eigenvalue weighted by molar-refractivity contribution is 5.53. The maximum absolute atomic E-state index is 10.4. The van der Waals surface area contributed by atoms with Crippen LogP contribution in [-0.4, -0.2) is 16.6 Å². The molecular weight excluding hydrogens is 196 g/mol. The third-order valence-electron chi connectivity index (χ3n) is 1.64. The van der Waals surface area contributed by atoms with Gasteiger partial charge in [0.2, 0.25) is 0 Å². The van der Waals surface area contributed by atoms with Crippen LogP contribution in [0.2, 0.25) is 0 Å². The first kappa shape index (κ1) is 10.7. The first-order valence-electron chi connectivity index (χ1n) is 3.97.